The summed E-state index contributed by atoms with van der Waals surface area (Å²) in [7, 11) is 1.76. The fourth-order valence-corrected chi connectivity index (χ4v) is 5.56. The average molecular weight is 481 g/mol. The second kappa shape index (κ2) is 8.82. The van der Waals surface area contributed by atoms with Crippen molar-refractivity contribution in [2.45, 2.75) is 24.4 Å². The number of para-hydroxylation sites is 1. The highest BCUT2D eigenvalue weighted by Gasteiger charge is 2.56. The van der Waals surface area contributed by atoms with Crippen molar-refractivity contribution in [2.75, 3.05) is 31.6 Å². The number of imide groups is 1. The molecule has 5 amide bonds. The molecule has 0 bridgehead atoms. The Hall–Kier alpha value is -4.13. The highest BCUT2D eigenvalue weighted by molar-refractivity contribution is 6.06. The molecular weight excluding hydrogens is 452 g/mol. The van der Waals surface area contributed by atoms with Crippen molar-refractivity contribution >= 4 is 23.7 Å². The van der Waals surface area contributed by atoms with Crippen molar-refractivity contribution in [3.63, 3.8) is 0 Å². The Morgan fingerprint density at radius 1 is 0.861 bits per heavy atom. The van der Waals surface area contributed by atoms with Gasteiger partial charge in [-0.1, -0.05) is 78.9 Å². The van der Waals surface area contributed by atoms with Crippen molar-refractivity contribution in [3.8, 4) is 11.1 Å². The molecule has 3 aromatic rings. The van der Waals surface area contributed by atoms with E-state index in [2.05, 4.69) is 0 Å². The minimum atomic E-state index is -0.620. The Morgan fingerprint density at radius 3 is 2.28 bits per heavy atom. The summed E-state index contributed by atoms with van der Waals surface area (Å²) < 4.78 is 0. The maximum atomic E-state index is 13.5. The molecule has 1 unspecified atom stereocenters. The first-order chi connectivity index (χ1) is 17.5. The van der Waals surface area contributed by atoms with Crippen LogP contribution in [-0.2, 0) is 4.79 Å². The van der Waals surface area contributed by atoms with E-state index in [-0.39, 0.29) is 36.5 Å². The van der Waals surface area contributed by atoms with Crippen LogP contribution in [0, 0.1) is 0 Å². The summed E-state index contributed by atoms with van der Waals surface area (Å²) in [6.45, 7) is 0.960. The largest absolute Gasteiger partial charge is 0.327 e. The number of carbonyl (C=O) groups excluding carboxylic acids is 3. The summed E-state index contributed by atoms with van der Waals surface area (Å²) in [6.07, 6.45) is 0.795. The van der Waals surface area contributed by atoms with E-state index in [0.29, 0.717) is 13.1 Å². The first kappa shape index (κ1) is 22.3. The summed E-state index contributed by atoms with van der Waals surface area (Å²) in [5.41, 5.74) is 3.95. The van der Waals surface area contributed by atoms with Gasteiger partial charge in [-0.25, -0.2) is 9.59 Å². The Kier molecular flexibility index (Phi) is 5.48. The Bertz CT molecular complexity index is 1310. The number of amides is 5. The van der Waals surface area contributed by atoms with Gasteiger partial charge in [0.2, 0.25) is 0 Å². The lowest BCUT2D eigenvalue weighted by atomic mass is 10.0. The Morgan fingerprint density at radius 2 is 1.53 bits per heavy atom. The van der Waals surface area contributed by atoms with Crippen LogP contribution in [-0.4, -0.2) is 71.4 Å². The third-order valence-electron chi connectivity index (χ3n) is 7.58. The molecule has 0 aromatic heterocycles. The molecule has 3 atom stereocenters. The van der Waals surface area contributed by atoms with Crippen LogP contribution in [0.4, 0.5) is 15.3 Å². The molecule has 0 spiro atoms. The second-order valence-corrected chi connectivity index (χ2v) is 9.69. The lowest BCUT2D eigenvalue weighted by molar-refractivity contribution is -0.129. The molecule has 1 saturated carbocycles. The van der Waals surface area contributed by atoms with Gasteiger partial charge in [-0.2, -0.15) is 0 Å². The SMILES string of the molecule is CN(C(=O)N1CCN2C(=O)N([C@@H]3C[C@H]3c3ccccc3)C(=O)C2C1)c1ccccc1-c1ccccc1. The van der Waals surface area contributed by atoms with Crippen molar-refractivity contribution in [3.05, 3.63) is 90.5 Å². The van der Waals surface area contributed by atoms with Gasteiger partial charge in [0.25, 0.3) is 5.91 Å². The minimum absolute atomic E-state index is 0.0948. The number of fused-ring (bicyclic) bond motifs is 1. The lowest BCUT2D eigenvalue weighted by Gasteiger charge is -2.37. The van der Waals surface area contributed by atoms with E-state index in [1.54, 1.807) is 21.7 Å². The molecule has 3 aromatic carbocycles. The second-order valence-electron chi connectivity index (χ2n) is 9.69. The van der Waals surface area contributed by atoms with E-state index in [1.807, 2.05) is 84.9 Å². The van der Waals surface area contributed by atoms with E-state index in [1.165, 1.54) is 4.90 Å². The first-order valence-electron chi connectivity index (χ1n) is 12.4. The third kappa shape index (κ3) is 3.71. The minimum Gasteiger partial charge on any atom is -0.320 e. The number of piperazine rings is 1. The van der Waals surface area contributed by atoms with Gasteiger partial charge >= 0.3 is 12.1 Å². The van der Waals surface area contributed by atoms with Gasteiger partial charge in [0.05, 0.1) is 12.2 Å². The predicted molar refractivity (Wildman–Crippen MR) is 138 cm³/mol. The summed E-state index contributed by atoms with van der Waals surface area (Å²) in [5, 5.41) is 0. The van der Waals surface area contributed by atoms with Crippen LogP contribution < -0.4 is 4.90 Å². The van der Waals surface area contributed by atoms with Gasteiger partial charge in [0, 0.05) is 37.7 Å². The van der Waals surface area contributed by atoms with Gasteiger partial charge < -0.3 is 9.80 Å². The van der Waals surface area contributed by atoms with Crippen molar-refractivity contribution in [2.24, 2.45) is 0 Å². The number of rotatable bonds is 4. The van der Waals surface area contributed by atoms with E-state index in [9.17, 15) is 14.4 Å². The maximum Gasteiger partial charge on any atom is 0.327 e. The van der Waals surface area contributed by atoms with Gasteiger partial charge in [0.15, 0.2) is 0 Å². The predicted octanol–water partition coefficient (Wildman–Crippen LogP) is 4.41. The van der Waals surface area contributed by atoms with Crippen LogP contribution in [0.2, 0.25) is 0 Å². The van der Waals surface area contributed by atoms with Crippen molar-refractivity contribution in [1.29, 1.82) is 0 Å². The van der Waals surface area contributed by atoms with E-state index < -0.39 is 6.04 Å². The molecule has 7 nitrogen and oxygen atoms in total. The standard InChI is InChI=1S/C29H28N4O3/c1-30(24-15-9-8-14-22(24)20-10-4-2-5-11-20)28(35)31-16-17-32-26(19-31)27(34)33(29(32)36)25-18-23(25)21-12-6-3-7-13-21/h2-15,23,25-26H,16-19H2,1H3/t23-,25+,26?/m0/s1. The fraction of sp³-hybridized carbons (Fsp3) is 0.276. The zero-order valence-corrected chi connectivity index (χ0v) is 20.2. The molecule has 1 aliphatic carbocycles. The Balaban J connectivity index is 1.18. The number of hydrogen-bond donors (Lipinski definition) is 0. The van der Waals surface area contributed by atoms with Crippen LogP contribution >= 0.6 is 0 Å². The summed E-state index contributed by atoms with van der Waals surface area (Å²) in [6, 6.07) is 26.7. The number of carbonyl (C=O) groups is 3. The summed E-state index contributed by atoms with van der Waals surface area (Å²) >= 11 is 0. The monoisotopic (exact) mass is 480 g/mol. The highest BCUT2D eigenvalue weighted by Crippen LogP contribution is 2.47. The smallest absolute Gasteiger partial charge is 0.320 e. The quantitative estimate of drug-likeness (QED) is 0.520. The molecule has 36 heavy (non-hydrogen) atoms. The first-order valence-corrected chi connectivity index (χ1v) is 12.4. The normalized spacial score (nSPS) is 23.0. The van der Waals surface area contributed by atoms with Gasteiger partial charge in [0.1, 0.15) is 6.04 Å². The van der Waals surface area contributed by atoms with Crippen LogP contribution in [0.15, 0.2) is 84.9 Å². The number of hydrogen-bond acceptors (Lipinski definition) is 3. The molecule has 3 fully saturated rings. The van der Waals surface area contributed by atoms with Gasteiger partial charge in [-0.3, -0.25) is 14.6 Å². The van der Waals surface area contributed by atoms with Crippen LogP contribution in [0.1, 0.15) is 17.9 Å². The van der Waals surface area contributed by atoms with Crippen molar-refractivity contribution in [1.82, 2.24) is 14.7 Å². The molecule has 0 N–H and O–H groups in total. The zero-order valence-electron chi connectivity index (χ0n) is 20.2. The summed E-state index contributed by atoms with van der Waals surface area (Å²) in [4.78, 5) is 46.5. The van der Waals surface area contributed by atoms with Crippen molar-refractivity contribution < 1.29 is 14.4 Å². The zero-order chi connectivity index (χ0) is 24.8. The van der Waals surface area contributed by atoms with E-state index in [0.717, 1.165) is 28.8 Å². The average Bonchev–Trinajstić information content (AvgIpc) is 3.68. The molecule has 2 saturated heterocycles. The lowest BCUT2D eigenvalue weighted by Crippen LogP contribution is -2.57. The fourth-order valence-electron chi connectivity index (χ4n) is 5.56. The molecular formula is C29H28N4O3. The number of urea groups is 2. The highest BCUT2D eigenvalue weighted by atomic mass is 16.2. The van der Waals surface area contributed by atoms with E-state index >= 15 is 0 Å². The van der Waals surface area contributed by atoms with Crippen LogP contribution in [0.5, 0.6) is 0 Å². The van der Waals surface area contributed by atoms with Gasteiger partial charge in [-0.05, 0) is 23.6 Å². The molecule has 6 rings (SSSR count). The van der Waals surface area contributed by atoms with Gasteiger partial charge in [-0.15, -0.1) is 0 Å². The Labute approximate surface area is 210 Å². The maximum absolute atomic E-state index is 13.5. The summed E-state index contributed by atoms with van der Waals surface area (Å²) in [5.74, 6) is 0.00656. The molecule has 0 radical (unpaired) electrons. The molecule has 7 heteroatoms. The molecule has 3 aliphatic rings. The topological polar surface area (TPSA) is 64.2 Å². The molecule has 182 valence electrons. The van der Waals surface area contributed by atoms with E-state index in [4.69, 9.17) is 0 Å². The number of benzene rings is 3. The third-order valence-corrected chi connectivity index (χ3v) is 7.58. The molecule has 2 heterocycles. The number of nitrogens with zero attached hydrogens (tertiary/aromatic N) is 4. The van der Waals surface area contributed by atoms with Crippen LogP contribution in [0.3, 0.4) is 0 Å². The number of anilines is 1. The van der Waals surface area contributed by atoms with Crippen LogP contribution in [0.25, 0.3) is 11.1 Å². The molecule has 2 aliphatic heterocycles.